The minimum absolute atomic E-state index is 0.216. The Morgan fingerprint density at radius 3 is 3.06 bits per heavy atom. The van der Waals surface area contributed by atoms with Crippen molar-refractivity contribution in [1.82, 2.24) is 0 Å². The van der Waals surface area contributed by atoms with E-state index >= 15 is 0 Å². The van der Waals surface area contributed by atoms with Gasteiger partial charge in [-0.3, -0.25) is 4.79 Å². The Balaban J connectivity index is 2.16. The molecule has 0 saturated carbocycles. The third kappa shape index (κ3) is 2.97. The first-order chi connectivity index (χ1) is 8.29. The number of carbonyl (C=O) groups is 1. The zero-order valence-electron chi connectivity index (χ0n) is 9.68. The normalized spacial score (nSPS) is 12.5. The summed E-state index contributed by atoms with van der Waals surface area (Å²) in [4.78, 5) is 11.4. The molecule has 3 nitrogen and oxygen atoms in total. The molecule has 3 heteroatoms. The molecular weight excluding hydrogens is 216 g/mol. The Kier molecular flexibility index (Phi) is 3.60. The summed E-state index contributed by atoms with van der Waals surface area (Å²) in [6.07, 6.45) is 7.60. The van der Waals surface area contributed by atoms with Crippen LogP contribution >= 0.6 is 0 Å². The summed E-state index contributed by atoms with van der Waals surface area (Å²) in [5.74, 6) is 0.545. The molecule has 0 atom stereocenters. The summed E-state index contributed by atoms with van der Waals surface area (Å²) in [6, 6.07) is 5.72. The molecule has 2 rings (SSSR count). The number of fused-ring (bicyclic) bond motifs is 1. The summed E-state index contributed by atoms with van der Waals surface area (Å²) in [5, 5.41) is 0. The van der Waals surface area contributed by atoms with Crippen LogP contribution in [-0.2, 0) is 16.0 Å². The molecule has 0 fully saturated rings. The van der Waals surface area contributed by atoms with Crippen molar-refractivity contribution in [3.05, 3.63) is 47.7 Å². The number of benzene rings is 1. The molecule has 0 unspecified atom stereocenters. The van der Waals surface area contributed by atoms with Crippen LogP contribution in [0.1, 0.15) is 18.1 Å². The van der Waals surface area contributed by atoms with E-state index in [1.54, 1.807) is 13.2 Å². The first kappa shape index (κ1) is 11.5. The van der Waals surface area contributed by atoms with Crippen LogP contribution < -0.4 is 4.74 Å². The summed E-state index contributed by atoms with van der Waals surface area (Å²) in [7, 11) is 0. The van der Waals surface area contributed by atoms with E-state index in [0.717, 1.165) is 16.9 Å². The van der Waals surface area contributed by atoms with Gasteiger partial charge in [0, 0.05) is 5.56 Å². The maximum absolute atomic E-state index is 11.4. The highest BCUT2D eigenvalue weighted by Crippen LogP contribution is 2.24. The summed E-state index contributed by atoms with van der Waals surface area (Å²) in [5.41, 5.74) is 1.90. The van der Waals surface area contributed by atoms with Crippen molar-refractivity contribution in [3.63, 3.8) is 0 Å². The minimum atomic E-state index is -0.216. The smallest absolute Gasteiger partial charge is 0.310 e. The number of rotatable bonds is 3. The Bertz CT molecular complexity index is 472. The molecule has 1 heterocycles. The molecule has 0 N–H and O–H groups in total. The molecular formula is C14H14O3. The Labute approximate surface area is 100 Å². The average Bonchev–Trinajstić information content (AvgIpc) is 2.53. The second-order valence-corrected chi connectivity index (χ2v) is 3.66. The molecule has 0 aliphatic carbocycles. The van der Waals surface area contributed by atoms with Crippen molar-refractivity contribution < 1.29 is 14.3 Å². The zero-order chi connectivity index (χ0) is 12.1. The van der Waals surface area contributed by atoms with Gasteiger partial charge < -0.3 is 9.47 Å². The van der Waals surface area contributed by atoms with Crippen molar-refractivity contribution in [2.24, 2.45) is 0 Å². The van der Waals surface area contributed by atoms with Gasteiger partial charge in [-0.1, -0.05) is 24.3 Å². The summed E-state index contributed by atoms with van der Waals surface area (Å²) < 4.78 is 10.3. The van der Waals surface area contributed by atoms with Gasteiger partial charge in [0.1, 0.15) is 5.75 Å². The van der Waals surface area contributed by atoms with E-state index in [0.29, 0.717) is 6.61 Å². The highest BCUT2D eigenvalue weighted by molar-refractivity contribution is 5.73. The molecule has 1 aliphatic rings. The molecule has 88 valence electrons. The fourth-order valence-corrected chi connectivity index (χ4v) is 1.62. The topological polar surface area (TPSA) is 35.5 Å². The van der Waals surface area contributed by atoms with Gasteiger partial charge in [-0.15, -0.1) is 0 Å². The number of esters is 1. The van der Waals surface area contributed by atoms with Crippen molar-refractivity contribution in [1.29, 1.82) is 0 Å². The zero-order valence-corrected chi connectivity index (χ0v) is 9.68. The summed E-state index contributed by atoms with van der Waals surface area (Å²) in [6.45, 7) is 2.21. The van der Waals surface area contributed by atoms with Crippen LogP contribution in [0.5, 0.6) is 5.75 Å². The minimum Gasteiger partial charge on any atom is -0.466 e. The fourth-order valence-electron chi connectivity index (χ4n) is 1.62. The number of ether oxygens (including phenoxy) is 2. The van der Waals surface area contributed by atoms with Crippen molar-refractivity contribution in [2.75, 3.05) is 6.61 Å². The average molecular weight is 230 g/mol. The fraction of sp³-hybridized carbons (Fsp3) is 0.214. The summed E-state index contributed by atoms with van der Waals surface area (Å²) >= 11 is 0. The standard InChI is InChI=1S/C14H14O3/c1-2-16-14(15)10-11-6-7-12-5-3-4-8-17-13(12)9-11/h3-9H,2,10H2,1H3. The lowest BCUT2D eigenvalue weighted by Gasteiger charge is -2.07. The van der Waals surface area contributed by atoms with E-state index in [2.05, 4.69) is 0 Å². The molecule has 1 aromatic rings. The number of hydrogen-bond donors (Lipinski definition) is 0. The van der Waals surface area contributed by atoms with Crippen LogP contribution in [0.4, 0.5) is 0 Å². The second kappa shape index (κ2) is 5.34. The van der Waals surface area contributed by atoms with Gasteiger partial charge in [-0.25, -0.2) is 0 Å². The largest absolute Gasteiger partial charge is 0.466 e. The molecule has 17 heavy (non-hydrogen) atoms. The van der Waals surface area contributed by atoms with E-state index in [-0.39, 0.29) is 12.4 Å². The van der Waals surface area contributed by atoms with E-state index in [4.69, 9.17) is 9.47 Å². The molecule has 0 aromatic heterocycles. The maximum atomic E-state index is 11.4. The van der Waals surface area contributed by atoms with Gasteiger partial charge in [0.15, 0.2) is 0 Å². The predicted octanol–water partition coefficient (Wildman–Crippen LogP) is 2.71. The van der Waals surface area contributed by atoms with Gasteiger partial charge in [0.25, 0.3) is 0 Å². The molecule has 0 amide bonds. The first-order valence-electron chi connectivity index (χ1n) is 5.58. The Hall–Kier alpha value is -2.03. The van der Waals surface area contributed by atoms with Crippen LogP contribution in [-0.4, -0.2) is 12.6 Å². The van der Waals surface area contributed by atoms with Crippen LogP contribution in [0.3, 0.4) is 0 Å². The van der Waals surface area contributed by atoms with E-state index in [1.165, 1.54) is 0 Å². The predicted molar refractivity (Wildman–Crippen MR) is 65.6 cm³/mol. The highest BCUT2D eigenvalue weighted by atomic mass is 16.5. The molecule has 0 bridgehead atoms. The molecule has 0 spiro atoms. The van der Waals surface area contributed by atoms with Crippen LogP contribution in [0.15, 0.2) is 36.6 Å². The third-order valence-electron chi connectivity index (χ3n) is 2.39. The van der Waals surface area contributed by atoms with E-state index < -0.39 is 0 Å². The quantitative estimate of drug-likeness (QED) is 0.749. The van der Waals surface area contributed by atoms with Crippen molar-refractivity contribution in [3.8, 4) is 5.75 Å². The molecule has 0 saturated heterocycles. The second-order valence-electron chi connectivity index (χ2n) is 3.66. The lowest BCUT2D eigenvalue weighted by atomic mass is 10.1. The Morgan fingerprint density at radius 1 is 1.35 bits per heavy atom. The number of allylic oxidation sites excluding steroid dienone is 2. The van der Waals surface area contributed by atoms with Gasteiger partial charge in [-0.05, 0) is 24.6 Å². The van der Waals surface area contributed by atoms with E-state index in [9.17, 15) is 4.79 Å². The monoisotopic (exact) mass is 230 g/mol. The van der Waals surface area contributed by atoms with Crippen molar-refractivity contribution >= 4 is 12.0 Å². The van der Waals surface area contributed by atoms with Crippen molar-refractivity contribution in [2.45, 2.75) is 13.3 Å². The van der Waals surface area contributed by atoms with Crippen LogP contribution in [0.2, 0.25) is 0 Å². The number of carbonyl (C=O) groups excluding carboxylic acids is 1. The van der Waals surface area contributed by atoms with Gasteiger partial charge >= 0.3 is 5.97 Å². The lowest BCUT2D eigenvalue weighted by molar-refractivity contribution is -0.142. The number of hydrogen-bond acceptors (Lipinski definition) is 3. The first-order valence-corrected chi connectivity index (χ1v) is 5.58. The maximum Gasteiger partial charge on any atom is 0.310 e. The van der Waals surface area contributed by atoms with Gasteiger partial charge in [0.05, 0.1) is 19.3 Å². The molecule has 1 aromatic carbocycles. The van der Waals surface area contributed by atoms with Crippen LogP contribution in [0, 0.1) is 0 Å². The van der Waals surface area contributed by atoms with Gasteiger partial charge in [0.2, 0.25) is 0 Å². The van der Waals surface area contributed by atoms with Gasteiger partial charge in [-0.2, -0.15) is 0 Å². The lowest BCUT2D eigenvalue weighted by Crippen LogP contribution is -2.07. The molecule has 0 radical (unpaired) electrons. The van der Waals surface area contributed by atoms with E-state index in [1.807, 2.05) is 36.4 Å². The van der Waals surface area contributed by atoms with Crippen LogP contribution in [0.25, 0.3) is 6.08 Å². The highest BCUT2D eigenvalue weighted by Gasteiger charge is 2.08. The third-order valence-corrected chi connectivity index (χ3v) is 2.39. The SMILES string of the molecule is CCOC(=O)Cc1ccc2c(c1)OC=CC=C2. The Morgan fingerprint density at radius 2 is 2.24 bits per heavy atom. The molecule has 1 aliphatic heterocycles.